The maximum absolute atomic E-state index is 11.6. The highest BCUT2D eigenvalue weighted by Crippen LogP contribution is 2.42. The Morgan fingerprint density at radius 2 is 1.58 bits per heavy atom. The molecule has 31 heavy (non-hydrogen) atoms. The zero-order valence-corrected chi connectivity index (χ0v) is 17.0. The highest BCUT2D eigenvalue weighted by Gasteiger charge is 2.18. The number of rotatable bonds is 4. The molecule has 1 aromatic heterocycles. The van der Waals surface area contributed by atoms with E-state index in [0.29, 0.717) is 11.2 Å². The maximum atomic E-state index is 11.6. The summed E-state index contributed by atoms with van der Waals surface area (Å²) >= 11 is 0. The van der Waals surface area contributed by atoms with E-state index in [0.717, 1.165) is 29.7 Å². The molecule has 0 aliphatic rings. The second kappa shape index (κ2) is 7.35. The molecule has 12 heteroatoms. The fraction of sp³-hybridized carbons (Fsp3) is 0. The lowest BCUT2D eigenvalue weighted by atomic mass is 10.1. The number of phenols is 1. The third-order valence-electron chi connectivity index (χ3n) is 4.45. The zero-order valence-electron chi connectivity index (χ0n) is 15.3. The molecular formula is C19H11N3O7S2-2. The number of fused-ring (bicyclic) bond motifs is 2. The summed E-state index contributed by atoms with van der Waals surface area (Å²) in [5, 5.41) is 19.1. The van der Waals surface area contributed by atoms with Gasteiger partial charge in [-0.15, -0.1) is 10.2 Å². The van der Waals surface area contributed by atoms with Crippen LogP contribution in [0.15, 0.2) is 80.8 Å². The molecule has 0 saturated heterocycles. The minimum absolute atomic E-state index is 0.0780. The fourth-order valence-corrected chi connectivity index (χ4v) is 4.16. The van der Waals surface area contributed by atoms with Crippen molar-refractivity contribution in [2.24, 2.45) is 10.2 Å². The van der Waals surface area contributed by atoms with Crippen molar-refractivity contribution in [3.8, 4) is 5.75 Å². The molecule has 0 fully saturated rings. The summed E-state index contributed by atoms with van der Waals surface area (Å²) in [6.45, 7) is 0. The molecule has 0 atom stereocenters. The minimum atomic E-state index is -5.15. The highest BCUT2D eigenvalue weighted by molar-refractivity contribution is 7.86. The standard InChI is InChI=1S/C19H13N3O7S2/c23-19-16(31(27,28)29)10-12-9-13(30(24,25)26)6-7-14(12)18(19)22-21-15-5-1-3-11-4-2-8-20-17(11)15/h1-10,23H,(H,24,25,26)(H,27,28,29)/p-2. The van der Waals surface area contributed by atoms with E-state index in [1.54, 1.807) is 36.5 Å². The van der Waals surface area contributed by atoms with Crippen LogP contribution in [0.2, 0.25) is 0 Å². The number of para-hydroxylation sites is 1. The van der Waals surface area contributed by atoms with Crippen molar-refractivity contribution in [3.05, 3.63) is 60.8 Å². The first kappa shape index (κ1) is 20.8. The molecule has 1 N–H and O–H groups in total. The Hall–Kier alpha value is -3.45. The van der Waals surface area contributed by atoms with Crippen molar-refractivity contribution < 1.29 is 31.0 Å². The van der Waals surface area contributed by atoms with Gasteiger partial charge in [0, 0.05) is 17.0 Å². The van der Waals surface area contributed by atoms with Crippen LogP contribution in [0.1, 0.15) is 0 Å². The second-order valence-corrected chi connectivity index (χ2v) is 9.14. The highest BCUT2D eigenvalue weighted by atomic mass is 32.2. The predicted octanol–water partition coefficient (Wildman–Crippen LogP) is 3.32. The van der Waals surface area contributed by atoms with Crippen molar-refractivity contribution in [2.75, 3.05) is 0 Å². The van der Waals surface area contributed by atoms with Gasteiger partial charge >= 0.3 is 0 Å². The third kappa shape index (κ3) is 3.96. The molecule has 10 nitrogen and oxygen atoms in total. The van der Waals surface area contributed by atoms with Gasteiger partial charge in [0.05, 0.1) is 15.3 Å². The van der Waals surface area contributed by atoms with Gasteiger partial charge in [-0.25, -0.2) is 16.8 Å². The van der Waals surface area contributed by atoms with Gasteiger partial charge in [0.15, 0.2) is 5.75 Å². The maximum Gasteiger partial charge on any atom is 0.161 e. The third-order valence-corrected chi connectivity index (χ3v) is 6.13. The predicted molar refractivity (Wildman–Crippen MR) is 107 cm³/mol. The lowest BCUT2D eigenvalue weighted by Crippen LogP contribution is -2.01. The van der Waals surface area contributed by atoms with E-state index in [1.807, 2.05) is 0 Å². The van der Waals surface area contributed by atoms with Crippen LogP contribution in [0.25, 0.3) is 21.7 Å². The number of aromatic hydroxyl groups is 1. The van der Waals surface area contributed by atoms with Gasteiger partial charge in [0.25, 0.3) is 0 Å². The van der Waals surface area contributed by atoms with E-state index in [-0.39, 0.29) is 16.5 Å². The number of phenolic OH excluding ortho intramolecular Hbond substituents is 1. The van der Waals surface area contributed by atoms with E-state index in [2.05, 4.69) is 15.2 Å². The Kier molecular flexibility index (Phi) is 4.94. The van der Waals surface area contributed by atoms with Crippen LogP contribution < -0.4 is 0 Å². The van der Waals surface area contributed by atoms with Crippen molar-refractivity contribution in [3.63, 3.8) is 0 Å². The van der Waals surface area contributed by atoms with E-state index in [1.165, 1.54) is 0 Å². The first-order valence-corrected chi connectivity index (χ1v) is 11.3. The number of nitrogens with zero attached hydrogens (tertiary/aromatic N) is 3. The lowest BCUT2D eigenvalue weighted by molar-refractivity contribution is 0.436. The van der Waals surface area contributed by atoms with E-state index >= 15 is 0 Å². The fourth-order valence-electron chi connectivity index (χ4n) is 3.05. The van der Waals surface area contributed by atoms with Crippen molar-refractivity contribution >= 4 is 53.3 Å². The molecular weight excluding hydrogens is 446 g/mol. The van der Waals surface area contributed by atoms with Gasteiger partial charge in [0.1, 0.15) is 31.6 Å². The van der Waals surface area contributed by atoms with Crippen LogP contribution in [0.3, 0.4) is 0 Å². The van der Waals surface area contributed by atoms with Gasteiger partial charge in [-0.05, 0) is 35.7 Å². The lowest BCUT2D eigenvalue weighted by Gasteiger charge is -2.14. The minimum Gasteiger partial charge on any atom is -0.744 e. The topological polar surface area (TPSA) is 172 Å². The van der Waals surface area contributed by atoms with Crippen molar-refractivity contribution in [2.45, 2.75) is 9.79 Å². The molecule has 3 aromatic carbocycles. The molecule has 0 radical (unpaired) electrons. The largest absolute Gasteiger partial charge is 0.744 e. The SMILES string of the molecule is O=S(=O)([O-])c1ccc2c(N=Nc3cccc4cccnc34)c(O)c(S(=O)(=O)[O-])cc2c1. The number of hydrogen-bond acceptors (Lipinski definition) is 10. The number of aromatic nitrogens is 1. The number of azo groups is 1. The van der Waals surface area contributed by atoms with Crippen LogP contribution in [-0.4, -0.2) is 36.0 Å². The average Bonchev–Trinajstić information content (AvgIpc) is 2.71. The summed E-state index contributed by atoms with van der Waals surface area (Å²) in [6.07, 6.45) is 1.55. The van der Waals surface area contributed by atoms with E-state index in [9.17, 15) is 31.0 Å². The first-order valence-electron chi connectivity index (χ1n) is 8.53. The summed E-state index contributed by atoms with van der Waals surface area (Å²) in [5.74, 6) is -0.947. The normalized spacial score (nSPS) is 12.7. The first-order chi connectivity index (χ1) is 14.6. The Balaban J connectivity index is 1.99. The van der Waals surface area contributed by atoms with Crippen LogP contribution in [-0.2, 0) is 20.2 Å². The van der Waals surface area contributed by atoms with Gasteiger partial charge in [-0.2, -0.15) is 0 Å². The van der Waals surface area contributed by atoms with Gasteiger partial charge in [-0.1, -0.05) is 24.3 Å². The Morgan fingerprint density at radius 1 is 0.839 bits per heavy atom. The van der Waals surface area contributed by atoms with E-state index < -0.39 is 35.8 Å². The number of pyridine rings is 1. The molecule has 0 aliphatic heterocycles. The molecule has 158 valence electrons. The summed E-state index contributed by atoms with van der Waals surface area (Å²) in [4.78, 5) is 2.55. The molecule has 0 unspecified atom stereocenters. The van der Waals surface area contributed by atoms with Crippen LogP contribution in [0.4, 0.5) is 11.4 Å². The quantitative estimate of drug-likeness (QED) is 0.359. The molecule has 4 rings (SSSR count). The van der Waals surface area contributed by atoms with Crippen LogP contribution in [0, 0.1) is 0 Å². The van der Waals surface area contributed by atoms with Gasteiger partial charge in [-0.3, -0.25) is 4.98 Å². The van der Waals surface area contributed by atoms with E-state index in [4.69, 9.17) is 0 Å². The average molecular weight is 457 g/mol. The molecule has 0 bridgehead atoms. The monoisotopic (exact) mass is 457 g/mol. The summed E-state index contributed by atoms with van der Waals surface area (Å²) in [7, 11) is -10.0. The molecule has 0 saturated carbocycles. The molecule has 4 aromatic rings. The Bertz CT molecular complexity index is 1590. The van der Waals surface area contributed by atoms with Gasteiger partial charge < -0.3 is 14.2 Å². The molecule has 0 amide bonds. The summed E-state index contributed by atoms with van der Waals surface area (Å²) in [5.41, 5.74) is 0.416. The number of benzene rings is 3. The van der Waals surface area contributed by atoms with Crippen LogP contribution in [0.5, 0.6) is 5.75 Å². The zero-order chi connectivity index (χ0) is 22.4. The Labute approximate surface area is 176 Å². The van der Waals surface area contributed by atoms with Gasteiger partial charge in [0.2, 0.25) is 0 Å². The molecule has 1 heterocycles. The summed E-state index contributed by atoms with van der Waals surface area (Å²) in [6, 6.07) is 12.4. The molecule has 0 aliphatic carbocycles. The smallest absolute Gasteiger partial charge is 0.161 e. The number of hydrogen-bond donors (Lipinski definition) is 1. The van der Waals surface area contributed by atoms with Crippen molar-refractivity contribution in [1.29, 1.82) is 0 Å². The summed E-state index contributed by atoms with van der Waals surface area (Å²) < 4.78 is 68.7. The van der Waals surface area contributed by atoms with Crippen molar-refractivity contribution in [1.82, 2.24) is 4.98 Å². The van der Waals surface area contributed by atoms with Crippen LogP contribution >= 0.6 is 0 Å². The Morgan fingerprint density at radius 3 is 2.29 bits per heavy atom. The molecule has 0 spiro atoms. The second-order valence-electron chi connectivity index (χ2n) is 6.42.